The first-order valence-electron chi connectivity index (χ1n) is 5.38. The van der Waals surface area contributed by atoms with Crippen LogP contribution in [0.2, 0.25) is 0 Å². The Labute approximate surface area is 104 Å². The molecular formula is C13H14N2OS. The highest BCUT2D eigenvalue weighted by atomic mass is 32.1. The number of nitrogens with zero attached hydrogens (tertiary/aromatic N) is 1. The van der Waals surface area contributed by atoms with E-state index >= 15 is 0 Å². The molecule has 1 aromatic heterocycles. The fourth-order valence-electron chi connectivity index (χ4n) is 1.60. The number of hydrogen-bond donors (Lipinski definition) is 1. The fourth-order valence-corrected chi connectivity index (χ4v) is 2.53. The van der Waals surface area contributed by atoms with Crippen LogP contribution in [0.4, 0.5) is 5.69 Å². The van der Waals surface area contributed by atoms with Gasteiger partial charge in [-0.3, -0.25) is 4.79 Å². The van der Waals surface area contributed by atoms with Crippen LogP contribution in [0.25, 0.3) is 0 Å². The Balaban J connectivity index is 2.20. The van der Waals surface area contributed by atoms with Crippen molar-refractivity contribution in [3.8, 4) is 0 Å². The van der Waals surface area contributed by atoms with Gasteiger partial charge in [0.25, 0.3) is 0 Å². The minimum atomic E-state index is 0.0249. The van der Waals surface area contributed by atoms with Crippen molar-refractivity contribution in [1.82, 2.24) is 4.98 Å². The predicted molar refractivity (Wildman–Crippen MR) is 70.5 cm³/mol. The van der Waals surface area contributed by atoms with Crippen molar-refractivity contribution in [2.75, 3.05) is 5.73 Å². The van der Waals surface area contributed by atoms with Crippen LogP contribution in [0, 0.1) is 13.8 Å². The number of benzene rings is 1. The first-order chi connectivity index (χ1) is 8.08. The quantitative estimate of drug-likeness (QED) is 0.669. The molecule has 3 nitrogen and oxygen atoms in total. The number of para-hydroxylation sites is 1. The Morgan fingerprint density at radius 1 is 1.35 bits per heavy atom. The summed E-state index contributed by atoms with van der Waals surface area (Å²) in [5, 5.41) is 0.855. The molecule has 0 aliphatic carbocycles. The number of nitrogens with two attached hydrogens (primary N) is 1. The molecule has 88 valence electrons. The zero-order valence-corrected chi connectivity index (χ0v) is 10.7. The number of aromatic nitrogens is 1. The summed E-state index contributed by atoms with van der Waals surface area (Å²) in [5.41, 5.74) is 7.88. The van der Waals surface area contributed by atoms with Crippen LogP contribution in [-0.4, -0.2) is 10.8 Å². The Bertz CT molecular complexity index is 541. The first-order valence-corrected chi connectivity index (χ1v) is 6.20. The highest BCUT2D eigenvalue weighted by Gasteiger charge is 2.13. The summed E-state index contributed by atoms with van der Waals surface area (Å²) in [7, 11) is 0. The van der Waals surface area contributed by atoms with E-state index in [1.807, 2.05) is 26.0 Å². The number of anilines is 1. The van der Waals surface area contributed by atoms with Gasteiger partial charge in [-0.15, -0.1) is 11.3 Å². The molecule has 4 heteroatoms. The summed E-state index contributed by atoms with van der Waals surface area (Å²) in [5.74, 6) is 0.0249. The number of carbonyl (C=O) groups is 1. The standard InChI is InChI=1S/C13H14N2OS/c1-8-9(2)17-13(15-8)7-12(16)10-5-3-4-6-11(10)14/h3-6H,7,14H2,1-2H3. The van der Waals surface area contributed by atoms with E-state index in [4.69, 9.17) is 5.73 Å². The molecule has 2 aromatic rings. The summed E-state index contributed by atoms with van der Waals surface area (Å²) in [6, 6.07) is 7.14. The van der Waals surface area contributed by atoms with Gasteiger partial charge in [0.05, 0.1) is 12.1 Å². The molecule has 0 amide bonds. The molecule has 1 aromatic carbocycles. The normalized spacial score (nSPS) is 10.5. The van der Waals surface area contributed by atoms with Gasteiger partial charge >= 0.3 is 0 Å². The van der Waals surface area contributed by atoms with Crippen molar-refractivity contribution in [2.45, 2.75) is 20.3 Å². The molecule has 0 atom stereocenters. The van der Waals surface area contributed by atoms with Gasteiger partial charge < -0.3 is 5.73 Å². The minimum Gasteiger partial charge on any atom is -0.398 e. The van der Waals surface area contributed by atoms with Crippen molar-refractivity contribution in [3.63, 3.8) is 0 Å². The molecule has 0 saturated carbocycles. The molecule has 0 unspecified atom stereocenters. The zero-order chi connectivity index (χ0) is 12.4. The molecule has 0 spiro atoms. The van der Waals surface area contributed by atoms with Gasteiger partial charge in [0.15, 0.2) is 5.78 Å². The van der Waals surface area contributed by atoms with Gasteiger partial charge in [0.2, 0.25) is 0 Å². The maximum atomic E-state index is 12.0. The van der Waals surface area contributed by atoms with Gasteiger partial charge in [-0.2, -0.15) is 0 Å². The van der Waals surface area contributed by atoms with Gasteiger partial charge in [-0.05, 0) is 26.0 Å². The number of Topliss-reactive ketones (excluding diaryl/α,β-unsaturated/α-hetero) is 1. The highest BCUT2D eigenvalue weighted by Crippen LogP contribution is 2.20. The maximum absolute atomic E-state index is 12.0. The summed E-state index contributed by atoms with van der Waals surface area (Å²) >= 11 is 1.57. The molecule has 0 radical (unpaired) electrons. The van der Waals surface area contributed by atoms with Crippen LogP contribution < -0.4 is 5.73 Å². The summed E-state index contributed by atoms with van der Waals surface area (Å²) in [4.78, 5) is 17.6. The average molecular weight is 246 g/mol. The van der Waals surface area contributed by atoms with Crippen LogP contribution in [0.5, 0.6) is 0 Å². The van der Waals surface area contributed by atoms with Gasteiger partial charge in [-0.1, -0.05) is 12.1 Å². The highest BCUT2D eigenvalue weighted by molar-refractivity contribution is 7.11. The summed E-state index contributed by atoms with van der Waals surface area (Å²) in [6.07, 6.45) is 0.327. The molecule has 0 fully saturated rings. The van der Waals surface area contributed by atoms with Gasteiger partial charge in [0.1, 0.15) is 5.01 Å². The van der Waals surface area contributed by atoms with Gasteiger partial charge in [0, 0.05) is 16.1 Å². The number of carbonyl (C=O) groups excluding carboxylic acids is 1. The van der Waals surface area contributed by atoms with E-state index in [2.05, 4.69) is 4.98 Å². The lowest BCUT2D eigenvalue weighted by molar-refractivity contribution is 0.0994. The van der Waals surface area contributed by atoms with E-state index in [9.17, 15) is 4.79 Å². The minimum absolute atomic E-state index is 0.0249. The lowest BCUT2D eigenvalue weighted by Gasteiger charge is -2.02. The fraction of sp³-hybridized carbons (Fsp3) is 0.231. The van der Waals surface area contributed by atoms with Crippen LogP contribution in [0.3, 0.4) is 0 Å². The molecule has 0 aliphatic heterocycles. The van der Waals surface area contributed by atoms with E-state index in [1.165, 1.54) is 0 Å². The second-order valence-corrected chi connectivity index (χ2v) is 5.22. The average Bonchev–Trinajstić information content (AvgIpc) is 2.58. The molecule has 2 rings (SSSR count). The smallest absolute Gasteiger partial charge is 0.171 e. The van der Waals surface area contributed by atoms with E-state index in [1.54, 1.807) is 23.5 Å². The molecule has 0 aliphatic rings. The summed E-state index contributed by atoms with van der Waals surface area (Å²) in [6.45, 7) is 3.97. The molecule has 1 heterocycles. The predicted octanol–water partition coefficient (Wildman–Crippen LogP) is 2.77. The SMILES string of the molecule is Cc1nc(CC(=O)c2ccccc2N)sc1C. The van der Waals surface area contributed by atoms with Crippen LogP contribution >= 0.6 is 11.3 Å². The Kier molecular flexibility index (Phi) is 3.24. The van der Waals surface area contributed by atoms with Crippen molar-refractivity contribution in [2.24, 2.45) is 0 Å². The largest absolute Gasteiger partial charge is 0.398 e. The van der Waals surface area contributed by atoms with Crippen molar-refractivity contribution >= 4 is 22.8 Å². The summed E-state index contributed by atoms with van der Waals surface area (Å²) < 4.78 is 0. The van der Waals surface area contributed by atoms with Crippen molar-refractivity contribution in [1.29, 1.82) is 0 Å². The van der Waals surface area contributed by atoms with E-state index < -0.39 is 0 Å². The van der Waals surface area contributed by atoms with Crippen LogP contribution in [-0.2, 0) is 6.42 Å². The topological polar surface area (TPSA) is 56.0 Å². The monoisotopic (exact) mass is 246 g/mol. The molecule has 0 saturated heterocycles. The van der Waals surface area contributed by atoms with Crippen molar-refractivity contribution < 1.29 is 4.79 Å². The Morgan fingerprint density at radius 2 is 2.06 bits per heavy atom. The third-order valence-electron chi connectivity index (χ3n) is 2.65. The van der Waals surface area contributed by atoms with Crippen molar-refractivity contribution in [3.05, 3.63) is 45.4 Å². The van der Waals surface area contributed by atoms with E-state index in [-0.39, 0.29) is 5.78 Å². The third kappa shape index (κ3) is 2.53. The Morgan fingerprint density at radius 3 is 2.65 bits per heavy atom. The third-order valence-corrected chi connectivity index (χ3v) is 3.72. The van der Waals surface area contributed by atoms with E-state index in [0.717, 1.165) is 15.6 Å². The molecule has 17 heavy (non-hydrogen) atoms. The number of nitrogen functional groups attached to an aromatic ring is 1. The zero-order valence-electron chi connectivity index (χ0n) is 9.86. The number of ketones is 1. The van der Waals surface area contributed by atoms with Crippen LogP contribution in [0.1, 0.15) is 25.9 Å². The second-order valence-electron chi connectivity index (χ2n) is 3.94. The lowest BCUT2D eigenvalue weighted by Crippen LogP contribution is -2.06. The number of thiazole rings is 1. The Hall–Kier alpha value is -1.68. The van der Waals surface area contributed by atoms with E-state index in [0.29, 0.717) is 17.7 Å². The number of rotatable bonds is 3. The molecule has 2 N–H and O–H groups in total. The van der Waals surface area contributed by atoms with Crippen LogP contribution in [0.15, 0.2) is 24.3 Å². The second kappa shape index (κ2) is 4.67. The number of aryl methyl sites for hydroxylation is 2. The molecular weight excluding hydrogens is 232 g/mol. The van der Waals surface area contributed by atoms with Gasteiger partial charge in [-0.25, -0.2) is 4.98 Å². The molecule has 0 bridgehead atoms. The maximum Gasteiger partial charge on any atom is 0.171 e. The lowest BCUT2D eigenvalue weighted by atomic mass is 10.1. The number of hydrogen-bond acceptors (Lipinski definition) is 4. The first kappa shape index (κ1) is 11.8.